The monoisotopic (exact) mass is 307 g/mol. The highest BCUT2D eigenvalue weighted by Gasteiger charge is 2.28. The molecule has 1 saturated heterocycles. The first-order chi connectivity index (χ1) is 10.6. The number of benzene rings is 1. The SMILES string of the molecule is C=C[C@@H](c1cc(OC)c(OC)cc1[N+](=O)[O-])N1CCNCC1. The zero-order valence-electron chi connectivity index (χ0n) is 12.9. The molecule has 2 rings (SSSR count). The lowest BCUT2D eigenvalue weighted by Crippen LogP contribution is -2.44. The Morgan fingerprint density at radius 2 is 1.91 bits per heavy atom. The Bertz CT molecular complexity index is 556. The number of nitrogens with zero attached hydrogens (tertiary/aromatic N) is 2. The van der Waals surface area contributed by atoms with Crippen LogP contribution in [0.2, 0.25) is 0 Å². The third kappa shape index (κ3) is 3.20. The summed E-state index contributed by atoms with van der Waals surface area (Å²) >= 11 is 0. The Kier molecular flexibility index (Phi) is 5.35. The molecule has 1 fully saturated rings. The average Bonchev–Trinajstić information content (AvgIpc) is 2.55. The number of ether oxygens (including phenoxy) is 2. The quantitative estimate of drug-likeness (QED) is 0.490. The van der Waals surface area contributed by atoms with Crippen LogP contribution in [0.4, 0.5) is 5.69 Å². The lowest BCUT2D eigenvalue weighted by atomic mass is 10.0. The molecule has 0 aliphatic carbocycles. The van der Waals surface area contributed by atoms with Crippen molar-refractivity contribution >= 4 is 5.69 Å². The molecule has 1 atom stereocenters. The molecule has 0 amide bonds. The fraction of sp³-hybridized carbons (Fsp3) is 0.467. The molecule has 1 aliphatic rings. The van der Waals surface area contributed by atoms with Gasteiger partial charge in [-0.1, -0.05) is 6.08 Å². The number of nitrogens with one attached hydrogen (secondary N) is 1. The van der Waals surface area contributed by atoms with E-state index in [2.05, 4.69) is 16.8 Å². The van der Waals surface area contributed by atoms with Crippen LogP contribution in [0.15, 0.2) is 24.8 Å². The molecule has 0 unspecified atom stereocenters. The van der Waals surface area contributed by atoms with Crippen molar-refractivity contribution in [3.8, 4) is 11.5 Å². The number of methoxy groups -OCH3 is 2. The van der Waals surface area contributed by atoms with Gasteiger partial charge < -0.3 is 14.8 Å². The summed E-state index contributed by atoms with van der Waals surface area (Å²) in [4.78, 5) is 13.2. The predicted molar refractivity (Wildman–Crippen MR) is 83.6 cm³/mol. The van der Waals surface area contributed by atoms with Gasteiger partial charge in [0.05, 0.1) is 36.8 Å². The Morgan fingerprint density at radius 1 is 1.32 bits per heavy atom. The molecule has 7 heteroatoms. The van der Waals surface area contributed by atoms with Gasteiger partial charge in [0.15, 0.2) is 11.5 Å². The summed E-state index contributed by atoms with van der Waals surface area (Å²) in [6.45, 7) is 7.18. The number of nitro benzene ring substituents is 1. The molecule has 0 saturated carbocycles. The van der Waals surface area contributed by atoms with E-state index in [-0.39, 0.29) is 11.7 Å². The van der Waals surface area contributed by atoms with Crippen LogP contribution in [-0.4, -0.2) is 50.2 Å². The van der Waals surface area contributed by atoms with Crippen molar-refractivity contribution in [2.75, 3.05) is 40.4 Å². The van der Waals surface area contributed by atoms with Crippen LogP contribution in [-0.2, 0) is 0 Å². The van der Waals surface area contributed by atoms with E-state index in [0.29, 0.717) is 17.1 Å². The topological polar surface area (TPSA) is 76.9 Å². The Balaban J connectivity index is 2.49. The van der Waals surface area contributed by atoms with Crippen LogP contribution in [0.5, 0.6) is 11.5 Å². The van der Waals surface area contributed by atoms with Gasteiger partial charge in [-0.05, 0) is 6.07 Å². The maximum atomic E-state index is 11.4. The molecular formula is C15H21N3O4. The van der Waals surface area contributed by atoms with E-state index in [0.717, 1.165) is 26.2 Å². The van der Waals surface area contributed by atoms with Crippen molar-refractivity contribution in [3.63, 3.8) is 0 Å². The zero-order valence-corrected chi connectivity index (χ0v) is 12.9. The van der Waals surface area contributed by atoms with Gasteiger partial charge in [0, 0.05) is 26.2 Å². The maximum absolute atomic E-state index is 11.4. The molecule has 7 nitrogen and oxygen atoms in total. The van der Waals surface area contributed by atoms with Gasteiger partial charge in [0.1, 0.15) is 0 Å². The van der Waals surface area contributed by atoms with Gasteiger partial charge in [-0.2, -0.15) is 0 Å². The summed E-state index contributed by atoms with van der Waals surface area (Å²) in [7, 11) is 2.98. The van der Waals surface area contributed by atoms with Crippen molar-refractivity contribution in [1.29, 1.82) is 0 Å². The van der Waals surface area contributed by atoms with E-state index in [9.17, 15) is 10.1 Å². The second kappa shape index (κ2) is 7.24. The normalized spacial score (nSPS) is 16.8. The number of nitro groups is 1. The minimum atomic E-state index is -0.393. The van der Waals surface area contributed by atoms with Gasteiger partial charge in [0.25, 0.3) is 5.69 Å². The third-order valence-corrected chi connectivity index (χ3v) is 3.82. The summed E-state index contributed by atoms with van der Waals surface area (Å²) in [5.74, 6) is 0.825. The minimum absolute atomic E-state index is 0.0149. The van der Waals surface area contributed by atoms with Crippen molar-refractivity contribution in [2.24, 2.45) is 0 Å². The van der Waals surface area contributed by atoms with Crippen LogP contribution >= 0.6 is 0 Å². The maximum Gasteiger partial charge on any atom is 0.278 e. The lowest BCUT2D eigenvalue weighted by Gasteiger charge is -2.33. The molecule has 22 heavy (non-hydrogen) atoms. The zero-order chi connectivity index (χ0) is 16.1. The molecule has 1 aromatic carbocycles. The van der Waals surface area contributed by atoms with Crippen LogP contribution in [0.25, 0.3) is 0 Å². The van der Waals surface area contributed by atoms with Crippen LogP contribution in [0, 0.1) is 10.1 Å². The molecule has 1 N–H and O–H groups in total. The number of hydrogen-bond donors (Lipinski definition) is 1. The van der Waals surface area contributed by atoms with Gasteiger partial charge in [-0.3, -0.25) is 15.0 Å². The number of piperazine rings is 1. The summed E-state index contributed by atoms with van der Waals surface area (Å²) in [6.07, 6.45) is 1.74. The molecule has 1 aromatic rings. The highest BCUT2D eigenvalue weighted by Crippen LogP contribution is 2.39. The first-order valence-electron chi connectivity index (χ1n) is 7.10. The Labute approximate surface area is 129 Å². The van der Waals surface area contributed by atoms with Gasteiger partial charge >= 0.3 is 0 Å². The molecular weight excluding hydrogens is 286 g/mol. The Hall–Kier alpha value is -2.12. The summed E-state index contributed by atoms with van der Waals surface area (Å²) in [5.41, 5.74) is 0.584. The molecule has 1 aliphatic heterocycles. The lowest BCUT2D eigenvalue weighted by molar-refractivity contribution is -0.386. The summed E-state index contributed by atoms with van der Waals surface area (Å²) in [6, 6.07) is 2.85. The van der Waals surface area contributed by atoms with Crippen LogP contribution in [0.3, 0.4) is 0 Å². The molecule has 1 heterocycles. The van der Waals surface area contributed by atoms with Gasteiger partial charge in [-0.25, -0.2) is 0 Å². The van der Waals surface area contributed by atoms with E-state index < -0.39 is 4.92 Å². The largest absolute Gasteiger partial charge is 0.493 e. The van der Waals surface area contributed by atoms with E-state index in [1.807, 2.05) is 0 Å². The first kappa shape index (κ1) is 16.3. The van der Waals surface area contributed by atoms with E-state index in [1.165, 1.54) is 20.3 Å². The molecule has 120 valence electrons. The van der Waals surface area contributed by atoms with E-state index in [4.69, 9.17) is 9.47 Å². The minimum Gasteiger partial charge on any atom is -0.493 e. The van der Waals surface area contributed by atoms with Crippen LogP contribution < -0.4 is 14.8 Å². The van der Waals surface area contributed by atoms with E-state index in [1.54, 1.807) is 12.1 Å². The fourth-order valence-electron chi connectivity index (χ4n) is 2.71. The number of hydrogen-bond acceptors (Lipinski definition) is 6. The smallest absolute Gasteiger partial charge is 0.278 e. The van der Waals surface area contributed by atoms with Crippen molar-refractivity contribution in [3.05, 3.63) is 40.5 Å². The predicted octanol–water partition coefficient (Wildman–Crippen LogP) is 1.74. The molecule has 0 aromatic heterocycles. The van der Waals surface area contributed by atoms with Crippen LogP contribution in [0.1, 0.15) is 11.6 Å². The van der Waals surface area contributed by atoms with Gasteiger partial charge in [0.2, 0.25) is 0 Å². The third-order valence-electron chi connectivity index (χ3n) is 3.82. The molecule has 0 bridgehead atoms. The fourth-order valence-corrected chi connectivity index (χ4v) is 2.71. The Morgan fingerprint density at radius 3 is 2.41 bits per heavy atom. The van der Waals surface area contributed by atoms with Gasteiger partial charge in [-0.15, -0.1) is 6.58 Å². The standard InChI is InChI=1S/C15H21N3O4/c1-4-12(17-7-5-16-6-8-17)11-9-14(21-2)15(22-3)10-13(11)18(19)20/h4,9-10,12,16H,1,5-8H2,2-3H3/t12-/m0/s1. The highest BCUT2D eigenvalue weighted by molar-refractivity contribution is 5.56. The number of rotatable bonds is 6. The van der Waals surface area contributed by atoms with Crippen molar-refractivity contribution in [1.82, 2.24) is 10.2 Å². The molecule has 0 spiro atoms. The van der Waals surface area contributed by atoms with Crippen molar-refractivity contribution in [2.45, 2.75) is 6.04 Å². The van der Waals surface area contributed by atoms with Crippen molar-refractivity contribution < 1.29 is 14.4 Å². The second-order valence-corrected chi connectivity index (χ2v) is 4.99. The second-order valence-electron chi connectivity index (χ2n) is 4.99. The van der Waals surface area contributed by atoms with E-state index >= 15 is 0 Å². The summed E-state index contributed by atoms with van der Waals surface area (Å²) < 4.78 is 10.4. The summed E-state index contributed by atoms with van der Waals surface area (Å²) in [5, 5.41) is 14.7. The molecule has 0 radical (unpaired) electrons. The highest BCUT2D eigenvalue weighted by atomic mass is 16.6. The average molecular weight is 307 g/mol. The first-order valence-corrected chi connectivity index (χ1v) is 7.10.